The fourth-order valence-corrected chi connectivity index (χ4v) is 2.70. The number of benzene rings is 2. The smallest absolute Gasteiger partial charge is 0.253 e. The molecule has 1 aliphatic rings. The third-order valence-electron chi connectivity index (χ3n) is 3.95. The van der Waals surface area contributed by atoms with Crippen LogP contribution in [-0.4, -0.2) is 24.4 Å². The van der Waals surface area contributed by atoms with E-state index in [4.69, 9.17) is 0 Å². The van der Waals surface area contributed by atoms with Gasteiger partial charge in [-0.2, -0.15) is 0 Å². The van der Waals surface area contributed by atoms with Crippen molar-refractivity contribution in [3.63, 3.8) is 0 Å². The third-order valence-corrected chi connectivity index (χ3v) is 3.95. The summed E-state index contributed by atoms with van der Waals surface area (Å²) < 4.78 is 0. The zero-order chi connectivity index (χ0) is 14.8. The van der Waals surface area contributed by atoms with Crippen LogP contribution in [0.2, 0.25) is 0 Å². The van der Waals surface area contributed by atoms with Crippen molar-refractivity contribution >= 4 is 11.6 Å². The molecule has 0 aliphatic carbocycles. The Kier molecular flexibility index (Phi) is 3.65. The number of hydrogen-bond donors (Lipinski definition) is 1. The van der Waals surface area contributed by atoms with E-state index in [1.54, 1.807) is 4.90 Å². The fraction of sp³-hybridized carbons (Fsp3) is 0.278. The van der Waals surface area contributed by atoms with Gasteiger partial charge in [0.15, 0.2) is 0 Å². The maximum absolute atomic E-state index is 12.5. The van der Waals surface area contributed by atoms with Crippen LogP contribution in [0.25, 0.3) is 0 Å². The minimum absolute atomic E-state index is 0.0743. The second-order valence-electron chi connectivity index (χ2n) is 5.70. The zero-order valence-electron chi connectivity index (χ0n) is 12.5. The van der Waals surface area contributed by atoms with Gasteiger partial charge in [0.2, 0.25) is 0 Å². The summed E-state index contributed by atoms with van der Waals surface area (Å²) in [5, 5.41) is 3.32. The Hall–Kier alpha value is -2.29. The van der Waals surface area contributed by atoms with Crippen molar-refractivity contribution in [2.24, 2.45) is 0 Å². The van der Waals surface area contributed by atoms with E-state index < -0.39 is 0 Å². The van der Waals surface area contributed by atoms with Crippen molar-refractivity contribution < 1.29 is 4.79 Å². The van der Waals surface area contributed by atoms with Crippen molar-refractivity contribution in [3.05, 3.63) is 64.7 Å². The molecule has 108 valence electrons. The minimum Gasteiger partial charge on any atom is -0.384 e. The number of rotatable bonds is 3. The van der Waals surface area contributed by atoms with Gasteiger partial charge in [0.25, 0.3) is 5.91 Å². The number of anilines is 1. The lowest BCUT2D eigenvalue weighted by molar-refractivity contribution is 0.0785. The average molecular weight is 280 g/mol. The van der Waals surface area contributed by atoms with Crippen LogP contribution in [0.1, 0.15) is 27.0 Å². The summed E-state index contributed by atoms with van der Waals surface area (Å²) >= 11 is 0. The molecule has 0 atom stereocenters. The van der Waals surface area contributed by atoms with E-state index in [2.05, 4.69) is 36.5 Å². The molecule has 1 amide bonds. The highest BCUT2D eigenvalue weighted by molar-refractivity contribution is 5.94. The molecule has 0 unspecified atom stereocenters. The highest BCUT2D eigenvalue weighted by Gasteiger charge is 2.16. The molecule has 1 N–H and O–H groups in total. The lowest BCUT2D eigenvalue weighted by atomic mass is 10.1. The molecule has 3 heteroatoms. The molecule has 1 aliphatic heterocycles. The van der Waals surface area contributed by atoms with E-state index in [9.17, 15) is 4.79 Å². The minimum atomic E-state index is 0.0743. The summed E-state index contributed by atoms with van der Waals surface area (Å²) in [4.78, 5) is 14.3. The Labute approximate surface area is 125 Å². The van der Waals surface area contributed by atoms with Gasteiger partial charge in [-0.25, -0.2) is 0 Å². The second-order valence-corrected chi connectivity index (χ2v) is 5.70. The first-order chi connectivity index (χ1) is 10.1. The Bertz CT molecular complexity index is 661. The molecule has 2 aromatic rings. The molecule has 0 spiro atoms. The van der Waals surface area contributed by atoms with Gasteiger partial charge in [0.05, 0.1) is 0 Å². The normalized spacial score (nSPS) is 12.7. The molecular weight excluding hydrogens is 260 g/mol. The molecule has 0 aromatic heterocycles. The quantitative estimate of drug-likeness (QED) is 0.936. The Morgan fingerprint density at radius 2 is 1.95 bits per heavy atom. The number of carbonyl (C=O) groups excluding carboxylic acids is 1. The summed E-state index contributed by atoms with van der Waals surface area (Å²) in [6.45, 7) is 3.66. The standard InChI is InChI=1S/C18H20N2O/c1-13-3-5-14(6-4-13)12-20(2)18(21)16-7-8-17-15(11-16)9-10-19-17/h3-8,11,19H,9-10,12H2,1-2H3. The number of nitrogens with zero attached hydrogens (tertiary/aromatic N) is 1. The summed E-state index contributed by atoms with van der Waals surface area (Å²) in [6, 6.07) is 14.2. The van der Waals surface area contributed by atoms with Crippen LogP contribution in [-0.2, 0) is 13.0 Å². The maximum atomic E-state index is 12.5. The number of hydrogen-bond acceptors (Lipinski definition) is 2. The monoisotopic (exact) mass is 280 g/mol. The molecule has 0 fully saturated rings. The number of carbonyl (C=O) groups is 1. The van der Waals surface area contributed by atoms with E-state index >= 15 is 0 Å². The summed E-state index contributed by atoms with van der Waals surface area (Å²) in [5.74, 6) is 0.0743. The van der Waals surface area contributed by atoms with Crippen LogP contribution in [0.4, 0.5) is 5.69 Å². The molecule has 1 heterocycles. The Morgan fingerprint density at radius 3 is 2.71 bits per heavy atom. The number of nitrogens with one attached hydrogen (secondary N) is 1. The van der Waals surface area contributed by atoms with Crippen LogP contribution in [0.5, 0.6) is 0 Å². The van der Waals surface area contributed by atoms with E-state index in [0.29, 0.717) is 6.54 Å². The lowest BCUT2D eigenvalue weighted by Gasteiger charge is -2.18. The lowest BCUT2D eigenvalue weighted by Crippen LogP contribution is -2.26. The van der Waals surface area contributed by atoms with Crippen LogP contribution in [0.3, 0.4) is 0 Å². The highest BCUT2D eigenvalue weighted by atomic mass is 16.2. The van der Waals surface area contributed by atoms with Gasteiger partial charge < -0.3 is 10.2 Å². The predicted molar refractivity (Wildman–Crippen MR) is 85.6 cm³/mol. The van der Waals surface area contributed by atoms with Gasteiger partial charge in [0, 0.05) is 31.4 Å². The molecule has 0 saturated carbocycles. The van der Waals surface area contributed by atoms with Crippen molar-refractivity contribution in [2.45, 2.75) is 19.9 Å². The van der Waals surface area contributed by atoms with Crippen LogP contribution in [0.15, 0.2) is 42.5 Å². The van der Waals surface area contributed by atoms with Gasteiger partial charge in [-0.1, -0.05) is 29.8 Å². The van der Waals surface area contributed by atoms with Crippen molar-refractivity contribution in [3.8, 4) is 0 Å². The van der Waals surface area contributed by atoms with Gasteiger partial charge >= 0.3 is 0 Å². The molecule has 0 saturated heterocycles. The SMILES string of the molecule is Cc1ccc(CN(C)C(=O)c2ccc3c(c2)CCN3)cc1. The third kappa shape index (κ3) is 2.92. The average Bonchev–Trinajstić information content (AvgIpc) is 2.96. The van der Waals surface area contributed by atoms with E-state index in [0.717, 1.165) is 29.8 Å². The van der Waals surface area contributed by atoms with Crippen molar-refractivity contribution in [1.82, 2.24) is 4.90 Å². The molecule has 3 rings (SSSR count). The van der Waals surface area contributed by atoms with Gasteiger partial charge in [-0.15, -0.1) is 0 Å². The molecule has 0 bridgehead atoms. The van der Waals surface area contributed by atoms with E-state index in [-0.39, 0.29) is 5.91 Å². The molecule has 21 heavy (non-hydrogen) atoms. The van der Waals surface area contributed by atoms with Gasteiger partial charge in [-0.05, 0) is 42.7 Å². The highest BCUT2D eigenvalue weighted by Crippen LogP contribution is 2.23. The number of amides is 1. The zero-order valence-corrected chi connectivity index (χ0v) is 12.5. The Balaban J connectivity index is 1.73. The van der Waals surface area contributed by atoms with Crippen LogP contribution >= 0.6 is 0 Å². The summed E-state index contributed by atoms with van der Waals surface area (Å²) in [7, 11) is 1.85. The molecule has 3 nitrogen and oxygen atoms in total. The second kappa shape index (κ2) is 5.60. The van der Waals surface area contributed by atoms with Crippen molar-refractivity contribution in [2.75, 3.05) is 18.9 Å². The van der Waals surface area contributed by atoms with Crippen LogP contribution < -0.4 is 5.32 Å². The first-order valence-corrected chi connectivity index (χ1v) is 7.31. The first kappa shape index (κ1) is 13.7. The first-order valence-electron chi connectivity index (χ1n) is 7.31. The topological polar surface area (TPSA) is 32.3 Å². The largest absolute Gasteiger partial charge is 0.384 e. The Morgan fingerprint density at radius 1 is 1.19 bits per heavy atom. The fourth-order valence-electron chi connectivity index (χ4n) is 2.70. The molecule has 2 aromatic carbocycles. The van der Waals surface area contributed by atoms with Gasteiger partial charge in [-0.3, -0.25) is 4.79 Å². The van der Waals surface area contributed by atoms with Gasteiger partial charge in [0.1, 0.15) is 0 Å². The summed E-state index contributed by atoms with van der Waals surface area (Å²) in [6.07, 6.45) is 0.998. The van der Waals surface area contributed by atoms with E-state index in [1.807, 2.05) is 25.2 Å². The maximum Gasteiger partial charge on any atom is 0.253 e. The van der Waals surface area contributed by atoms with Crippen molar-refractivity contribution in [1.29, 1.82) is 0 Å². The molecule has 0 radical (unpaired) electrons. The van der Waals surface area contributed by atoms with E-state index in [1.165, 1.54) is 11.1 Å². The number of fused-ring (bicyclic) bond motifs is 1. The molecular formula is C18H20N2O. The number of aryl methyl sites for hydroxylation is 1. The predicted octanol–water partition coefficient (Wildman–Crippen LogP) is 3.24. The van der Waals surface area contributed by atoms with Crippen LogP contribution in [0, 0.1) is 6.92 Å². The summed E-state index contributed by atoms with van der Waals surface area (Å²) in [5.41, 5.74) is 5.56.